The second-order valence-corrected chi connectivity index (χ2v) is 15.6. The second-order valence-electron chi connectivity index (χ2n) is 15.6. The summed E-state index contributed by atoms with van der Waals surface area (Å²) in [5.74, 6) is -1.57. The predicted molar refractivity (Wildman–Crippen MR) is 223 cm³/mol. The van der Waals surface area contributed by atoms with Gasteiger partial charge in [0.25, 0.3) is 11.8 Å². The molecule has 310 valence electrons. The van der Waals surface area contributed by atoms with Gasteiger partial charge < -0.3 is 34.6 Å². The summed E-state index contributed by atoms with van der Waals surface area (Å²) in [5, 5.41) is 0. The number of nitrogens with two attached hydrogens (primary N) is 1. The zero-order valence-electron chi connectivity index (χ0n) is 34.9. The highest BCUT2D eigenvalue weighted by atomic mass is 16.5. The van der Waals surface area contributed by atoms with Crippen LogP contribution in [0.2, 0.25) is 0 Å². The normalized spacial score (nSPS) is 19.0. The number of esters is 1. The number of imide groups is 1. The van der Waals surface area contributed by atoms with Gasteiger partial charge in [-0.1, -0.05) is 13.8 Å². The lowest BCUT2D eigenvalue weighted by Gasteiger charge is -2.31. The van der Waals surface area contributed by atoms with Gasteiger partial charge in [0, 0.05) is 78.8 Å². The van der Waals surface area contributed by atoms with Crippen molar-refractivity contribution >= 4 is 51.0 Å². The number of methoxy groups -OCH3 is 1. The predicted octanol–water partition coefficient (Wildman–Crippen LogP) is 6.09. The monoisotopic (exact) mass is 795 g/mol. The van der Waals surface area contributed by atoms with Gasteiger partial charge in [0.15, 0.2) is 0 Å². The molecule has 1 fully saturated rings. The van der Waals surface area contributed by atoms with E-state index in [1.165, 1.54) is 12.0 Å². The van der Waals surface area contributed by atoms with Crippen molar-refractivity contribution in [3.63, 3.8) is 0 Å². The van der Waals surface area contributed by atoms with Crippen LogP contribution < -0.4 is 5.73 Å². The first-order chi connectivity index (χ1) is 28.0. The van der Waals surface area contributed by atoms with Gasteiger partial charge in [0.05, 0.1) is 80.0 Å². The number of aryl methyl sites for hydroxylation is 2. The second kappa shape index (κ2) is 17.6. The fourth-order valence-corrected chi connectivity index (χ4v) is 8.87. The summed E-state index contributed by atoms with van der Waals surface area (Å²) in [5.41, 5.74) is 17.1. The number of rotatable bonds is 14. The van der Waals surface area contributed by atoms with Crippen molar-refractivity contribution < 1.29 is 33.3 Å². The maximum absolute atomic E-state index is 14.9. The number of carbonyl (C=O) groups is 3. The summed E-state index contributed by atoms with van der Waals surface area (Å²) in [6.45, 7) is 17.5. The van der Waals surface area contributed by atoms with Crippen LogP contribution in [-0.2, 0) is 23.7 Å². The quantitative estimate of drug-likeness (QED) is 0.0977. The maximum atomic E-state index is 14.9. The third kappa shape index (κ3) is 7.87. The van der Waals surface area contributed by atoms with Crippen molar-refractivity contribution in [2.75, 3.05) is 72.9 Å². The molecular formula is C44H57N7O7. The highest BCUT2D eigenvalue weighted by molar-refractivity contribution is 6.23. The van der Waals surface area contributed by atoms with Crippen molar-refractivity contribution in [2.45, 2.75) is 78.7 Å². The number of morpholine rings is 1. The molecule has 1 unspecified atom stereocenters. The number of nitrogens with one attached hydrogen (secondary N) is 2. The molecule has 4 aliphatic rings. The van der Waals surface area contributed by atoms with Crippen LogP contribution in [-0.4, -0.2) is 120 Å². The summed E-state index contributed by atoms with van der Waals surface area (Å²) in [6, 6.07) is 6.13. The van der Waals surface area contributed by atoms with Gasteiger partial charge in [0.1, 0.15) is 0 Å². The zero-order chi connectivity index (χ0) is 41.2. The Kier molecular flexibility index (Phi) is 12.6. The Morgan fingerprint density at radius 2 is 1.67 bits per heavy atom. The number of fused-ring (bicyclic) bond motifs is 8. The number of ether oxygens (including phenoxy) is 4. The number of aromatic amines is 2. The molecule has 4 N–H and O–H groups in total. The van der Waals surface area contributed by atoms with Gasteiger partial charge in [0.2, 0.25) is 0 Å². The van der Waals surface area contributed by atoms with E-state index in [0.717, 1.165) is 75.5 Å². The van der Waals surface area contributed by atoms with Gasteiger partial charge in [-0.3, -0.25) is 29.2 Å². The third-order valence-electron chi connectivity index (χ3n) is 12.2. The summed E-state index contributed by atoms with van der Waals surface area (Å²) >= 11 is 0. The van der Waals surface area contributed by atoms with E-state index in [1.54, 1.807) is 0 Å². The van der Waals surface area contributed by atoms with Gasteiger partial charge in [-0.15, -0.1) is 0 Å². The highest BCUT2D eigenvalue weighted by Gasteiger charge is 2.41. The maximum Gasteiger partial charge on any atom is 0.305 e. The van der Waals surface area contributed by atoms with E-state index in [0.29, 0.717) is 80.4 Å². The van der Waals surface area contributed by atoms with E-state index in [4.69, 9.17) is 34.6 Å². The lowest BCUT2D eigenvalue weighted by molar-refractivity contribution is -0.140. The molecule has 0 spiro atoms. The summed E-state index contributed by atoms with van der Waals surface area (Å²) in [4.78, 5) is 63.3. The molecule has 3 aromatic rings. The largest absolute Gasteiger partial charge is 0.469 e. The van der Waals surface area contributed by atoms with E-state index in [9.17, 15) is 14.4 Å². The molecule has 3 atom stereocenters. The van der Waals surface area contributed by atoms with Crippen LogP contribution >= 0.6 is 0 Å². The number of H-pyrrole nitrogens is 2. The highest BCUT2D eigenvalue weighted by Crippen LogP contribution is 2.44. The molecule has 0 aromatic carbocycles. The van der Waals surface area contributed by atoms with E-state index >= 15 is 0 Å². The molecule has 58 heavy (non-hydrogen) atoms. The Hall–Kier alpha value is -4.73. The van der Waals surface area contributed by atoms with Crippen LogP contribution in [0.4, 0.5) is 0 Å². The zero-order valence-corrected chi connectivity index (χ0v) is 34.9. The Bertz CT molecular complexity index is 2290. The number of aromatic nitrogens is 4. The first kappa shape index (κ1) is 41.4. The number of allylic oxidation sites excluding steroid dienone is 2. The third-order valence-corrected chi connectivity index (χ3v) is 12.2. The molecule has 2 amide bonds. The SMILES string of the molecule is CCC1=C(C)c2cc3[nH]c(cc4nc(c5c6[nH]c(cc1n2)c(C)c6C(=O)N(CCN1CCOCC1)C5=O)[C@@H](CCC(=O)OC)[C@@H]4C)c(C)c3C(C)OCCOCCN. The van der Waals surface area contributed by atoms with E-state index < -0.39 is 5.91 Å². The molecule has 1 saturated heterocycles. The van der Waals surface area contributed by atoms with Gasteiger partial charge in [-0.05, 0) is 81.0 Å². The van der Waals surface area contributed by atoms with Crippen LogP contribution in [0.25, 0.3) is 33.2 Å². The molecule has 4 aliphatic heterocycles. The lowest BCUT2D eigenvalue weighted by atomic mass is 9.84. The van der Waals surface area contributed by atoms with Crippen LogP contribution in [0.15, 0.2) is 18.2 Å². The minimum absolute atomic E-state index is 0.146. The van der Waals surface area contributed by atoms with Gasteiger partial charge in [-0.2, -0.15) is 0 Å². The average molecular weight is 796 g/mol. The fourth-order valence-electron chi connectivity index (χ4n) is 8.87. The first-order valence-electron chi connectivity index (χ1n) is 20.6. The Morgan fingerprint density at radius 3 is 2.40 bits per heavy atom. The van der Waals surface area contributed by atoms with Gasteiger partial charge in [-0.25, -0.2) is 4.98 Å². The summed E-state index contributed by atoms with van der Waals surface area (Å²) < 4.78 is 22.5. The molecule has 0 saturated carbocycles. The number of amides is 2. The van der Waals surface area contributed by atoms with Crippen molar-refractivity contribution in [2.24, 2.45) is 5.73 Å². The molecule has 0 aliphatic carbocycles. The average Bonchev–Trinajstić information content (AvgIpc) is 3.90. The number of nitrogens with zero attached hydrogens (tertiary/aromatic N) is 4. The minimum atomic E-state index is -0.398. The van der Waals surface area contributed by atoms with E-state index in [2.05, 4.69) is 48.6 Å². The van der Waals surface area contributed by atoms with Crippen LogP contribution in [0, 0.1) is 13.8 Å². The van der Waals surface area contributed by atoms with Crippen LogP contribution in [0.5, 0.6) is 0 Å². The number of carbonyl (C=O) groups excluding carboxylic acids is 3. The van der Waals surface area contributed by atoms with Crippen LogP contribution in [0.1, 0.15) is 125 Å². The molecule has 7 rings (SSSR count). The van der Waals surface area contributed by atoms with Crippen LogP contribution in [0.3, 0.4) is 0 Å². The van der Waals surface area contributed by atoms with Crippen molar-refractivity contribution in [3.8, 4) is 0 Å². The van der Waals surface area contributed by atoms with E-state index in [1.807, 2.05) is 26.0 Å². The number of hydrogen-bond donors (Lipinski definition) is 3. The van der Waals surface area contributed by atoms with Crippen molar-refractivity contribution in [1.29, 1.82) is 0 Å². The Labute approximate surface area is 339 Å². The lowest BCUT2D eigenvalue weighted by Crippen LogP contribution is -2.47. The van der Waals surface area contributed by atoms with Crippen molar-refractivity contribution in [1.82, 2.24) is 29.7 Å². The number of hydrogen-bond acceptors (Lipinski definition) is 11. The molecule has 7 heterocycles. The van der Waals surface area contributed by atoms with Crippen molar-refractivity contribution in [3.05, 3.63) is 68.8 Å². The Morgan fingerprint density at radius 1 is 0.948 bits per heavy atom. The Balaban J connectivity index is 1.50. The summed E-state index contributed by atoms with van der Waals surface area (Å²) in [7, 11) is 1.38. The molecule has 8 bridgehead atoms. The smallest absolute Gasteiger partial charge is 0.305 e. The van der Waals surface area contributed by atoms with Gasteiger partial charge >= 0.3 is 5.97 Å². The van der Waals surface area contributed by atoms with E-state index in [-0.39, 0.29) is 42.8 Å². The molecule has 3 aromatic heterocycles. The standard InChI is InChI=1S/C44H57N7O7/c1-8-29-24(2)31-23-36-38(28(6)58-20-19-56-16-11-45)26(4)33(47-36)21-32-25(3)30(9-10-37(52)55-7)41(48-32)40-42-39(27(5)34(49-42)22-35(29)46-31)43(53)51(44(40)54)13-12-50-14-17-57-18-15-50/h21-23,25,28,30,47,49H,8-20,45H2,1-7H3/t25-,28?,30-/m0/s1. The molecule has 14 heteroatoms. The molecule has 0 radical (unpaired) electrons. The topological polar surface area (TPSA) is 178 Å². The summed E-state index contributed by atoms with van der Waals surface area (Å²) in [6.07, 6.45) is 1.01. The molecule has 14 nitrogen and oxygen atoms in total. The fraction of sp³-hybridized carbons (Fsp3) is 0.523. The minimum Gasteiger partial charge on any atom is -0.469 e. The first-order valence-corrected chi connectivity index (χ1v) is 20.6. The molecular weight excluding hydrogens is 739 g/mol.